The van der Waals surface area contributed by atoms with E-state index in [0.29, 0.717) is 17.0 Å². The molecule has 0 spiro atoms. The number of carboxylic acid groups (broad SMARTS) is 2. The Morgan fingerprint density at radius 3 is 2.48 bits per heavy atom. The van der Waals surface area contributed by atoms with E-state index in [9.17, 15) is 19.5 Å². The molecule has 1 amide bonds. The van der Waals surface area contributed by atoms with E-state index < -0.39 is 18.5 Å². The Labute approximate surface area is 185 Å². The van der Waals surface area contributed by atoms with Crippen LogP contribution in [-0.2, 0) is 16.1 Å². The Morgan fingerprint density at radius 1 is 1.16 bits per heavy atom. The quantitative estimate of drug-likeness (QED) is 0.617. The lowest BCUT2D eigenvalue weighted by Crippen LogP contribution is -2.39. The van der Waals surface area contributed by atoms with Crippen LogP contribution in [0.3, 0.4) is 0 Å². The summed E-state index contributed by atoms with van der Waals surface area (Å²) in [5, 5.41) is 18.4. The van der Waals surface area contributed by atoms with Gasteiger partial charge in [-0.1, -0.05) is 37.5 Å². The van der Waals surface area contributed by atoms with Crippen LogP contribution in [0.2, 0.25) is 0 Å². The molecule has 0 atom stereocenters. The number of amides is 1. The Hall–Kier alpha value is -2.87. The third-order valence-corrected chi connectivity index (χ3v) is 6.90. The van der Waals surface area contributed by atoms with Gasteiger partial charge in [0.2, 0.25) is 5.91 Å². The van der Waals surface area contributed by atoms with Crippen LogP contribution in [0, 0.1) is 6.92 Å². The molecule has 3 rings (SSSR count). The number of hydrogen-bond donors (Lipinski definition) is 2. The Kier molecular flexibility index (Phi) is 7.33. The van der Waals surface area contributed by atoms with Crippen LogP contribution in [0.5, 0.6) is 5.75 Å². The van der Waals surface area contributed by atoms with Gasteiger partial charge in [0.05, 0.1) is 0 Å². The van der Waals surface area contributed by atoms with E-state index in [-0.39, 0.29) is 22.6 Å². The van der Waals surface area contributed by atoms with Crippen LogP contribution in [0.25, 0.3) is 10.4 Å². The maximum atomic E-state index is 12.3. The maximum absolute atomic E-state index is 12.3. The van der Waals surface area contributed by atoms with Crippen LogP contribution in [0.4, 0.5) is 0 Å². The molecule has 0 radical (unpaired) electrons. The van der Waals surface area contributed by atoms with Crippen molar-refractivity contribution in [1.29, 1.82) is 0 Å². The molecule has 1 aromatic heterocycles. The summed E-state index contributed by atoms with van der Waals surface area (Å²) >= 11 is 1.06. The fraction of sp³-hybridized carbons (Fsp3) is 0.435. The van der Waals surface area contributed by atoms with Crippen molar-refractivity contribution in [3.63, 3.8) is 0 Å². The van der Waals surface area contributed by atoms with Crippen LogP contribution in [-0.4, -0.2) is 45.6 Å². The largest absolute Gasteiger partial charge is 0.480 e. The standard InChI is InChI=1S/C23H27NO6S/c1-14-20(30-13-19(26)27)22(23(28)29)31-21(14)17-8-6-7-16(11-17)12-24(15(2)25)18-9-4-3-5-10-18/h6-8,11,18H,3-5,9-10,12-13H2,1-2H3,(H,26,27)(H,28,29). The van der Waals surface area contributed by atoms with Crippen molar-refractivity contribution in [3.05, 3.63) is 40.3 Å². The highest BCUT2D eigenvalue weighted by molar-refractivity contribution is 7.18. The zero-order valence-electron chi connectivity index (χ0n) is 17.7. The number of aromatic carboxylic acids is 1. The number of carbonyl (C=O) groups excluding carboxylic acids is 1. The summed E-state index contributed by atoms with van der Waals surface area (Å²) in [6.07, 6.45) is 5.54. The van der Waals surface area contributed by atoms with Crippen LogP contribution in [0.1, 0.15) is 59.8 Å². The van der Waals surface area contributed by atoms with Gasteiger partial charge < -0.3 is 19.8 Å². The topological polar surface area (TPSA) is 104 Å². The predicted molar refractivity (Wildman–Crippen MR) is 118 cm³/mol. The number of nitrogens with zero attached hydrogens (tertiary/aromatic N) is 1. The second kappa shape index (κ2) is 9.96. The zero-order valence-corrected chi connectivity index (χ0v) is 18.5. The molecular formula is C23H27NO6S. The van der Waals surface area contributed by atoms with E-state index in [2.05, 4.69) is 0 Å². The van der Waals surface area contributed by atoms with E-state index in [0.717, 1.165) is 48.1 Å². The van der Waals surface area contributed by atoms with E-state index >= 15 is 0 Å². The highest BCUT2D eigenvalue weighted by Gasteiger charge is 2.25. The molecule has 2 N–H and O–H groups in total. The highest BCUT2D eigenvalue weighted by Crippen LogP contribution is 2.41. The van der Waals surface area contributed by atoms with Gasteiger partial charge in [-0.05, 0) is 37.0 Å². The fourth-order valence-electron chi connectivity index (χ4n) is 4.12. The molecule has 0 saturated heterocycles. The van der Waals surface area contributed by atoms with Crippen molar-refractivity contribution in [2.45, 2.75) is 58.5 Å². The van der Waals surface area contributed by atoms with Crippen molar-refractivity contribution in [2.24, 2.45) is 0 Å². The first-order valence-corrected chi connectivity index (χ1v) is 11.2. The van der Waals surface area contributed by atoms with Gasteiger partial charge in [-0.25, -0.2) is 9.59 Å². The lowest BCUT2D eigenvalue weighted by Gasteiger charge is -2.34. The monoisotopic (exact) mass is 445 g/mol. The van der Waals surface area contributed by atoms with Crippen molar-refractivity contribution >= 4 is 29.2 Å². The van der Waals surface area contributed by atoms with Crippen molar-refractivity contribution in [2.75, 3.05) is 6.61 Å². The molecular weight excluding hydrogens is 418 g/mol. The minimum absolute atomic E-state index is 0.0216. The van der Waals surface area contributed by atoms with Crippen LogP contribution in [0.15, 0.2) is 24.3 Å². The van der Waals surface area contributed by atoms with Crippen LogP contribution < -0.4 is 4.74 Å². The number of thiophene rings is 1. The molecule has 1 aliphatic carbocycles. The van der Waals surface area contributed by atoms with Gasteiger partial charge in [0.25, 0.3) is 0 Å². The molecule has 1 aromatic carbocycles. The lowest BCUT2D eigenvalue weighted by atomic mass is 9.93. The average Bonchev–Trinajstić information content (AvgIpc) is 3.07. The summed E-state index contributed by atoms with van der Waals surface area (Å²) in [6, 6.07) is 7.96. The minimum atomic E-state index is -1.17. The molecule has 1 aliphatic rings. The van der Waals surface area contributed by atoms with Gasteiger partial charge in [0.15, 0.2) is 11.5 Å². The number of hydrogen-bond acceptors (Lipinski definition) is 5. The SMILES string of the molecule is CC(=O)N(Cc1cccc(-c2sc(C(=O)O)c(OCC(=O)O)c2C)c1)C1CCCCC1. The summed E-state index contributed by atoms with van der Waals surface area (Å²) in [5.74, 6) is -2.18. The third-order valence-electron chi connectivity index (χ3n) is 5.59. The molecule has 31 heavy (non-hydrogen) atoms. The number of benzene rings is 1. The van der Waals surface area contributed by atoms with Gasteiger partial charge in [0, 0.05) is 30.0 Å². The van der Waals surface area contributed by atoms with Gasteiger partial charge in [-0.2, -0.15) is 0 Å². The number of rotatable bonds is 8. The average molecular weight is 446 g/mol. The van der Waals surface area contributed by atoms with Crippen LogP contribution >= 0.6 is 11.3 Å². The molecule has 0 unspecified atom stereocenters. The maximum Gasteiger partial charge on any atom is 0.349 e. The molecule has 166 valence electrons. The van der Waals surface area contributed by atoms with Gasteiger partial charge >= 0.3 is 11.9 Å². The van der Waals surface area contributed by atoms with Gasteiger partial charge in [-0.3, -0.25) is 4.79 Å². The first-order chi connectivity index (χ1) is 14.8. The summed E-state index contributed by atoms with van der Waals surface area (Å²) in [5.41, 5.74) is 2.38. The van der Waals surface area contributed by atoms with Crippen molar-refractivity contribution in [3.8, 4) is 16.2 Å². The minimum Gasteiger partial charge on any atom is -0.480 e. The summed E-state index contributed by atoms with van der Waals surface area (Å²) in [6.45, 7) is 3.23. The summed E-state index contributed by atoms with van der Waals surface area (Å²) < 4.78 is 5.28. The number of carboxylic acids is 2. The zero-order chi connectivity index (χ0) is 22.5. The smallest absolute Gasteiger partial charge is 0.349 e. The first-order valence-electron chi connectivity index (χ1n) is 10.4. The van der Waals surface area contributed by atoms with Gasteiger partial charge in [-0.15, -0.1) is 11.3 Å². The molecule has 1 fully saturated rings. The normalized spacial score (nSPS) is 14.3. The van der Waals surface area contributed by atoms with E-state index in [1.165, 1.54) is 6.42 Å². The molecule has 8 heteroatoms. The Bertz CT molecular complexity index is 976. The molecule has 0 bridgehead atoms. The van der Waals surface area contributed by atoms with E-state index in [4.69, 9.17) is 9.84 Å². The lowest BCUT2D eigenvalue weighted by molar-refractivity contribution is -0.139. The Balaban J connectivity index is 1.90. The first kappa shape index (κ1) is 22.8. The number of aliphatic carboxylic acids is 1. The van der Waals surface area contributed by atoms with E-state index in [1.54, 1.807) is 13.8 Å². The van der Waals surface area contributed by atoms with Crippen molar-refractivity contribution < 1.29 is 29.3 Å². The van der Waals surface area contributed by atoms with Gasteiger partial charge in [0.1, 0.15) is 5.75 Å². The Morgan fingerprint density at radius 2 is 1.87 bits per heavy atom. The third kappa shape index (κ3) is 5.44. The second-order valence-corrected chi connectivity index (χ2v) is 8.86. The molecule has 7 nitrogen and oxygen atoms in total. The summed E-state index contributed by atoms with van der Waals surface area (Å²) in [4.78, 5) is 37.5. The second-order valence-electron chi connectivity index (χ2n) is 7.84. The highest BCUT2D eigenvalue weighted by atomic mass is 32.1. The summed E-state index contributed by atoms with van der Waals surface area (Å²) in [7, 11) is 0. The predicted octanol–water partition coefficient (Wildman–Crippen LogP) is 4.57. The molecule has 1 saturated carbocycles. The molecule has 1 heterocycles. The fourth-order valence-corrected chi connectivity index (χ4v) is 5.21. The number of carbonyl (C=O) groups is 3. The molecule has 2 aromatic rings. The number of ether oxygens (including phenoxy) is 1. The van der Waals surface area contributed by atoms with E-state index in [1.807, 2.05) is 29.2 Å². The van der Waals surface area contributed by atoms with Crippen molar-refractivity contribution in [1.82, 2.24) is 4.90 Å². The molecule has 0 aliphatic heterocycles.